The number of amides is 1. The van der Waals surface area contributed by atoms with Crippen molar-refractivity contribution in [1.29, 1.82) is 0 Å². The highest BCUT2D eigenvalue weighted by Gasteiger charge is 2.17. The van der Waals surface area contributed by atoms with E-state index in [-0.39, 0.29) is 5.91 Å². The molecule has 1 fully saturated rings. The van der Waals surface area contributed by atoms with Crippen molar-refractivity contribution < 1.29 is 4.79 Å². The molecule has 1 saturated carbocycles. The van der Waals surface area contributed by atoms with Gasteiger partial charge in [0.25, 0.3) is 0 Å². The minimum absolute atomic E-state index is 0.0632. The molecule has 0 bridgehead atoms. The van der Waals surface area contributed by atoms with Crippen LogP contribution in [0, 0.1) is 5.92 Å². The number of hydrogen-bond acceptors (Lipinski definition) is 3. The lowest BCUT2D eigenvalue weighted by Crippen LogP contribution is -2.23. The third-order valence-corrected chi connectivity index (χ3v) is 5.63. The van der Waals surface area contributed by atoms with Crippen LogP contribution in [-0.4, -0.2) is 20.7 Å². The first-order chi connectivity index (χ1) is 13.3. The SMILES string of the molecule is CCn1c(CCC(=O)NCc2ccccc2)nnc1CCC1CCCCC1. The predicted molar refractivity (Wildman–Crippen MR) is 107 cm³/mol. The topological polar surface area (TPSA) is 59.8 Å². The second kappa shape index (κ2) is 10.2. The number of hydrogen-bond donors (Lipinski definition) is 1. The summed E-state index contributed by atoms with van der Waals surface area (Å²) in [6.07, 6.45) is 10.2. The van der Waals surface area contributed by atoms with Crippen LogP contribution in [0.1, 0.15) is 69.1 Å². The van der Waals surface area contributed by atoms with E-state index in [1.807, 2.05) is 30.3 Å². The van der Waals surface area contributed by atoms with E-state index >= 15 is 0 Å². The highest BCUT2D eigenvalue weighted by Crippen LogP contribution is 2.27. The van der Waals surface area contributed by atoms with E-state index in [9.17, 15) is 4.79 Å². The van der Waals surface area contributed by atoms with Gasteiger partial charge in [0.1, 0.15) is 11.6 Å². The average molecular weight is 369 g/mol. The van der Waals surface area contributed by atoms with E-state index in [1.165, 1.54) is 38.5 Å². The molecule has 0 spiro atoms. The fraction of sp³-hybridized carbons (Fsp3) is 0.591. The quantitative estimate of drug-likeness (QED) is 0.726. The van der Waals surface area contributed by atoms with Gasteiger partial charge in [-0.25, -0.2) is 0 Å². The summed E-state index contributed by atoms with van der Waals surface area (Å²) < 4.78 is 2.20. The molecule has 1 aliphatic carbocycles. The normalized spacial score (nSPS) is 15.0. The van der Waals surface area contributed by atoms with Gasteiger partial charge in [-0.1, -0.05) is 62.4 Å². The highest BCUT2D eigenvalue weighted by molar-refractivity contribution is 5.76. The first-order valence-corrected chi connectivity index (χ1v) is 10.5. The Morgan fingerprint density at radius 1 is 1.07 bits per heavy atom. The largest absolute Gasteiger partial charge is 0.352 e. The van der Waals surface area contributed by atoms with Crippen LogP contribution in [0.25, 0.3) is 0 Å². The van der Waals surface area contributed by atoms with Crippen molar-refractivity contribution in [2.45, 2.75) is 77.8 Å². The van der Waals surface area contributed by atoms with Crippen LogP contribution in [0.5, 0.6) is 0 Å². The zero-order valence-corrected chi connectivity index (χ0v) is 16.5. The van der Waals surface area contributed by atoms with E-state index in [4.69, 9.17) is 0 Å². The van der Waals surface area contributed by atoms with Gasteiger partial charge in [-0.05, 0) is 24.8 Å². The smallest absolute Gasteiger partial charge is 0.220 e. The summed E-state index contributed by atoms with van der Waals surface area (Å²) in [4.78, 5) is 12.2. The van der Waals surface area contributed by atoms with Gasteiger partial charge in [0.2, 0.25) is 5.91 Å². The lowest BCUT2D eigenvalue weighted by Gasteiger charge is -2.21. The predicted octanol–water partition coefficient (Wildman–Crippen LogP) is 4.06. The minimum atomic E-state index is 0.0632. The Morgan fingerprint density at radius 3 is 2.48 bits per heavy atom. The fourth-order valence-electron chi connectivity index (χ4n) is 4.03. The molecule has 3 rings (SSSR count). The van der Waals surface area contributed by atoms with Crippen LogP contribution in [0.2, 0.25) is 0 Å². The summed E-state index contributed by atoms with van der Waals surface area (Å²) in [7, 11) is 0. The van der Waals surface area contributed by atoms with Gasteiger partial charge in [-0.15, -0.1) is 10.2 Å². The van der Waals surface area contributed by atoms with Gasteiger partial charge in [0, 0.05) is 32.4 Å². The summed E-state index contributed by atoms with van der Waals surface area (Å²) in [5, 5.41) is 11.8. The van der Waals surface area contributed by atoms with Gasteiger partial charge in [-0.2, -0.15) is 0 Å². The average Bonchev–Trinajstić information content (AvgIpc) is 3.12. The third-order valence-electron chi connectivity index (χ3n) is 5.63. The monoisotopic (exact) mass is 368 g/mol. The first-order valence-electron chi connectivity index (χ1n) is 10.5. The Kier molecular flexibility index (Phi) is 7.43. The number of aryl methyl sites for hydroxylation is 2. The lowest BCUT2D eigenvalue weighted by molar-refractivity contribution is -0.121. The number of nitrogens with one attached hydrogen (secondary N) is 1. The van der Waals surface area contributed by atoms with Crippen molar-refractivity contribution in [3.05, 3.63) is 47.5 Å². The third kappa shape index (κ3) is 5.91. The maximum absolute atomic E-state index is 12.2. The van der Waals surface area contributed by atoms with E-state index < -0.39 is 0 Å². The molecular weight excluding hydrogens is 336 g/mol. The van der Waals surface area contributed by atoms with Gasteiger partial charge < -0.3 is 9.88 Å². The summed E-state index contributed by atoms with van der Waals surface area (Å²) in [5.41, 5.74) is 1.12. The van der Waals surface area contributed by atoms with Crippen molar-refractivity contribution in [2.24, 2.45) is 5.92 Å². The molecule has 0 saturated heterocycles. The Balaban J connectivity index is 1.46. The maximum Gasteiger partial charge on any atom is 0.220 e. The van der Waals surface area contributed by atoms with Crippen LogP contribution in [0.4, 0.5) is 0 Å². The van der Waals surface area contributed by atoms with E-state index in [2.05, 4.69) is 27.0 Å². The van der Waals surface area contributed by atoms with Crippen molar-refractivity contribution in [3.63, 3.8) is 0 Å². The molecule has 1 heterocycles. The molecule has 5 heteroatoms. The number of carbonyl (C=O) groups excluding carboxylic acids is 1. The molecular formula is C22H32N4O. The lowest BCUT2D eigenvalue weighted by atomic mass is 9.86. The summed E-state index contributed by atoms with van der Waals surface area (Å²) >= 11 is 0. The van der Waals surface area contributed by atoms with Crippen molar-refractivity contribution in [1.82, 2.24) is 20.1 Å². The van der Waals surface area contributed by atoms with E-state index in [0.29, 0.717) is 19.4 Å². The maximum atomic E-state index is 12.2. The molecule has 2 aromatic rings. The van der Waals surface area contributed by atoms with E-state index in [0.717, 1.165) is 36.1 Å². The molecule has 0 unspecified atom stereocenters. The Bertz CT molecular complexity index is 704. The van der Waals surface area contributed by atoms with Crippen molar-refractivity contribution in [3.8, 4) is 0 Å². The van der Waals surface area contributed by atoms with Gasteiger partial charge in [-0.3, -0.25) is 4.79 Å². The summed E-state index contributed by atoms with van der Waals surface area (Å²) in [6, 6.07) is 9.99. The zero-order valence-electron chi connectivity index (χ0n) is 16.5. The van der Waals surface area contributed by atoms with Crippen LogP contribution >= 0.6 is 0 Å². The molecule has 1 aliphatic rings. The summed E-state index contributed by atoms with van der Waals surface area (Å²) in [6.45, 7) is 3.58. The number of benzene rings is 1. The number of carbonyl (C=O) groups is 1. The minimum Gasteiger partial charge on any atom is -0.352 e. The van der Waals surface area contributed by atoms with Crippen molar-refractivity contribution in [2.75, 3.05) is 0 Å². The molecule has 0 aliphatic heterocycles. The van der Waals surface area contributed by atoms with Crippen LogP contribution < -0.4 is 5.32 Å². The van der Waals surface area contributed by atoms with Gasteiger partial charge in [0.15, 0.2) is 0 Å². The molecule has 27 heavy (non-hydrogen) atoms. The number of rotatable bonds is 9. The zero-order chi connectivity index (χ0) is 18.9. The number of aromatic nitrogens is 3. The van der Waals surface area contributed by atoms with Crippen LogP contribution in [0.15, 0.2) is 30.3 Å². The standard InChI is InChI=1S/C22H32N4O/c1-2-26-20(14-13-18-9-5-3-6-10-18)24-25-21(26)15-16-22(27)23-17-19-11-7-4-8-12-19/h4,7-8,11-12,18H,2-3,5-6,9-10,13-17H2,1H3,(H,23,27). The Morgan fingerprint density at radius 2 is 1.78 bits per heavy atom. The molecule has 0 radical (unpaired) electrons. The molecule has 1 amide bonds. The van der Waals surface area contributed by atoms with Gasteiger partial charge >= 0.3 is 0 Å². The second-order valence-electron chi connectivity index (χ2n) is 7.58. The van der Waals surface area contributed by atoms with Crippen LogP contribution in [0.3, 0.4) is 0 Å². The molecule has 1 aromatic heterocycles. The van der Waals surface area contributed by atoms with Crippen LogP contribution in [-0.2, 0) is 30.7 Å². The molecule has 1 aromatic carbocycles. The first kappa shape index (κ1) is 19.6. The molecule has 5 nitrogen and oxygen atoms in total. The molecule has 146 valence electrons. The second-order valence-corrected chi connectivity index (χ2v) is 7.58. The Hall–Kier alpha value is -2.17. The Labute approximate surface area is 162 Å². The number of nitrogens with zero attached hydrogens (tertiary/aromatic N) is 3. The highest BCUT2D eigenvalue weighted by atomic mass is 16.1. The summed E-state index contributed by atoms with van der Waals surface area (Å²) in [5.74, 6) is 2.94. The van der Waals surface area contributed by atoms with Crippen molar-refractivity contribution >= 4 is 5.91 Å². The van der Waals surface area contributed by atoms with E-state index in [1.54, 1.807) is 0 Å². The molecule has 1 N–H and O–H groups in total. The molecule has 0 atom stereocenters. The van der Waals surface area contributed by atoms with Gasteiger partial charge in [0.05, 0.1) is 0 Å². The fourth-order valence-corrected chi connectivity index (χ4v) is 4.03.